The van der Waals surface area contributed by atoms with E-state index >= 15 is 0 Å². The maximum absolute atomic E-state index is 11.0. The molecule has 2 heterocycles. The number of likely N-dealkylation sites (tertiary alicyclic amines) is 1. The number of nitrogens with zero attached hydrogens (tertiary/aromatic N) is 3. The fourth-order valence-corrected chi connectivity index (χ4v) is 3.66. The molecule has 1 aliphatic heterocycles. The van der Waals surface area contributed by atoms with Gasteiger partial charge in [0.05, 0.1) is 5.69 Å². The van der Waals surface area contributed by atoms with Gasteiger partial charge in [-0.2, -0.15) is 5.10 Å². The van der Waals surface area contributed by atoms with E-state index in [1.165, 1.54) is 31.5 Å². The lowest BCUT2D eigenvalue weighted by Crippen LogP contribution is -2.23. The van der Waals surface area contributed by atoms with Crippen molar-refractivity contribution in [3.8, 4) is 11.1 Å². The third kappa shape index (κ3) is 3.22. The van der Waals surface area contributed by atoms with Gasteiger partial charge >= 0.3 is 5.97 Å². The number of aryl methyl sites for hydroxylation is 1. The lowest BCUT2D eigenvalue weighted by molar-refractivity contribution is -0.137. The summed E-state index contributed by atoms with van der Waals surface area (Å²) in [5, 5.41) is 13.4. The molecule has 1 atom stereocenters. The summed E-state index contributed by atoms with van der Waals surface area (Å²) in [6.45, 7) is 8.39. The number of hydrogen-bond acceptors (Lipinski definition) is 3. The molecule has 0 aliphatic carbocycles. The summed E-state index contributed by atoms with van der Waals surface area (Å²) in [5.41, 5.74) is 5.23. The summed E-state index contributed by atoms with van der Waals surface area (Å²) in [4.78, 5) is 13.5. The van der Waals surface area contributed by atoms with Gasteiger partial charge < -0.3 is 5.11 Å². The predicted molar refractivity (Wildman–Crippen MR) is 94.0 cm³/mol. The Kier molecular flexibility index (Phi) is 4.71. The molecule has 1 aromatic heterocycles. The highest BCUT2D eigenvalue weighted by Crippen LogP contribution is 2.30. The van der Waals surface area contributed by atoms with Gasteiger partial charge in [-0.1, -0.05) is 24.3 Å². The van der Waals surface area contributed by atoms with Crippen LogP contribution in [0.25, 0.3) is 11.1 Å². The molecule has 128 valence electrons. The van der Waals surface area contributed by atoms with Crippen molar-refractivity contribution in [2.45, 2.75) is 46.2 Å². The Labute approximate surface area is 142 Å². The topological polar surface area (TPSA) is 58.4 Å². The van der Waals surface area contributed by atoms with Gasteiger partial charge in [0.15, 0.2) is 0 Å². The molecule has 2 aromatic rings. The Morgan fingerprint density at radius 3 is 2.42 bits per heavy atom. The molecular formula is C19H25N3O2. The largest absolute Gasteiger partial charge is 0.480 e. The monoisotopic (exact) mass is 327 g/mol. The van der Waals surface area contributed by atoms with Crippen molar-refractivity contribution >= 4 is 5.97 Å². The SMILES string of the molecule is Cc1nn(CC(=O)O)c(C)c1-c1ccc([C@@H](C)N2CCCC2)cc1. The van der Waals surface area contributed by atoms with Crippen molar-refractivity contribution in [2.24, 2.45) is 0 Å². The zero-order chi connectivity index (χ0) is 17.3. The van der Waals surface area contributed by atoms with Crippen LogP contribution in [-0.4, -0.2) is 38.8 Å². The maximum atomic E-state index is 11.0. The second-order valence-corrected chi connectivity index (χ2v) is 6.64. The second kappa shape index (κ2) is 6.77. The molecule has 24 heavy (non-hydrogen) atoms. The Bertz CT molecular complexity index is 728. The molecule has 1 saturated heterocycles. The molecule has 0 amide bonds. The van der Waals surface area contributed by atoms with Gasteiger partial charge in [0.2, 0.25) is 0 Å². The van der Waals surface area contributed by atoms with Crippen LogP contribution in [0.4, 0.5) is 0 Å². The van der Waals surface area contributed by atoms with Crippen molar-refractivity contribution in [1.82, 2.24) is 14.7 Å². The van der Waals surface area contributed by atoms with E-state index in [-0.39, 0.29) is 6.54 Å². The number of benzene rings is 1. The van der Waals surface area contributed by atoms with E-state index in [1.54, 1.807) is 4.68 Å². The molecule has 1 aliphatic rings. The van der Waals surface area contributed by atoms with Crippen LogP contribution < -0.4 is 0 Å². The molecule has 1 N–H and O–H groups in total. The Morgan fingerprint density at radius 2 is 1.83 bits per heavy atom. The summed E-state index contributed by atoms with van der Waals surface area (Å²) < 4.78 is 1.56. The van der Waals surface area contributed by atoms with Gasteiger partial charge in [0, 0.05) is 17.3 Å². The smallest absolute Gasteiger partial charge is 0.325 e. The van der Waals surface area contributed by atoms with Crippen molar-refractivity contribution in [1.29, 1.82) is 0 Å². The average molecular weight is 327 g/mol. The minimum absolute atomic E-state index is 0.100. The quantitative estimate of drug-likeness (QED) is 0.914. The van der Waals surface area contributed by atoms with Crippen LogP contribution >= 0.6 is 0 Å². The molecular weight excluding hydrogens is 302 g/mol. The van der Waals surface area contributed by atoms with Gasteiger partial charge in [-0.25, -0.2) is 0 Å². The third-order valence-corrected chi connectivity index (χ3v) is 5.04. The van der Waals surface area contributed by atoms with Crippen LogP contribution in [0.3, 0.4) is 0 Å². The number of aliphatic carboxylic acids is 1. The van der Waals surface area contributed by atoms with Gasteiger partial charge in [0.1, 0.15) is 6.54 Å². The summed E-state index contributed by atoms with van der Waals surface area (Å²) in [7, 11) is 0. The van der Waals surface area contributed by atoms with Gasteiger partial charge in [-0.15, -0.1) is 0 Å². The molecule has 0 unspecified atom stereocenters. The molecule has 0 spiro atoms. The maximum Gasteiger partial charge on any atom is 0.325 e. The Balaban J connectivity index is 1.85. The van der Waals surface area contributed by atoms with Crippen LogP contribution in [-0.2, 0) is 11.3 Å². The number of rotatable bonds is 5. The van der Waals surface area contributed by atoms with Crippen LogP contribution in [0.5, 0.6) is 0 Å². The van der Waals surface area contributed by atoms with E-state index < -0.39 is 5.97 Å². The van der Waals surface area contributed by atoms with E-state index in [1.807, 2.05) is 13.8 Å². The first-order valence-electron chi connectivity index (χ1n) is 8.57. The molecule has 5 nitrogen and oxygen atoms in total. The zero-order valence-electron chi connectivity index (χ0n) is 14.6. The van der Waals surface area contributed by atoms with Gasteiger partial charge in [-0.3, -0.25) is 14.4 Å². The van der Waals surface area contributed by atoms with Crippen LogP contribution in [0.2, 0.25) is 0 Å². The van der Waals surface area contributed by atoms with E-state index in [4.69, 9.17) is 5.11 Å². The van der Waals surface area contributed by atoms with Crippen molar-refractivity contribution < 1.29 is 9.90 Å². The van der Waals surface area contributed by atoms with E-state index in [2.05, 4.69) is 41.2 Å². The number of carboxylic acid groups (broad SMARTS) is 1. The zero-order valence-corrected chi connectivity index (χ0v) is 14.6. The average Bonchev–Trinajstić information content (AvgIpc) is 3.16. The molecule has 3 rings (SSSR count). The molecule has 1 aromatic carbocycles. The molecule has 1 fully saturated rings. The molecule has 5 heteroatoms. The minimum atomic E-state index is -0.873. The predicted octanol–water partition coefficient (Wildman–Crippen LogP) is 3.41. The van der Waals surface area contributed by atoms with Crippen molar-refractivity contribution in [3.63, 3.8) is 0 Å². The van der Waals surface area contributed by atoms with Crippen LogP contribution in [0.1, 0.15) is 42.8 Å². The highest BCUT2D eigenvalue weighted by molar-refractivity contribution is 5.71. The van der Waals surface area contributed by atoms with Gasteiger partial charge in [-0.05, 0) is 57.8 Å². The fourth-order valence-electron chi connectivity index (χ4n) is 3.66. The Hall–Kier alpha value is -2.14. The fraction of sp³-hybridized carbons (Fsp3) is 0.474. The molecule has 0 bridgehead atoms. The first-order chi connectivity index (χ1) is 11.5. The molecule has 0 saturated carbocycles. The standard InChI is InChI=1S/C19H25N3O2/c1-13-19(15(3)22(20-13)12-18(23)24)17-8-6-16(7-9-17)14(2)21-10-4-5-11-21/h6-9,14H,4-5,10-12H2,1-3H3,(H,23,24)/t14-/m1/s1. The number of hydrogen-bond donors (Lipinski definition) is 1. The first kappa shape index (κ1) is 16.7. The number of carboxylic acids is 1. The van der Waals surface area contributed by atoms with Crippen molar-refractivity contribution in [3.05, 3.63) is 41.2 Å². The van der Waals surface area contributed by atoms with E-state index in [9.17, 15) is 4.79 Å². The summed E-state index contributed by atoms with van der Waals surface area (Å²) in [5.74, 6) is -0.873. The van der Waals surface area contributed by atoms with E-state index in [0.717, 1.165) is 22.5 Å². The third-order valence-electron chi connectivity index (χ3n) is 5.04. The number of carbonyl (C=O) groups is 1. The van der Waals surface area contributed by atoms with Crippen molar-refractivity contribution in [2.75, 3.05) is 13.1 Å². The highest BCUT2D eigenvalue weighted by Gasteiger charge is 2.20. The summed E-state index contributed by atoms with van der Waals surface area (Å²) >= 11 is 0. The van der Waals surface area contributed by atoms with E-state index in [0.29, 0.717) is 6.04 Å². The lowest BCUT2D eigenvalue weighted by atomic mass is 9.99. The highest BCUT2D eigenvalue weighted by atomic mass is 16.4. The number of aromatic nitrogens is 2. The first-order valence-corrected chi connectivity index (χ1v) is 8.57. The van der Waals surface area contributed by atoms with Crippen LogP contribution in [0.15, 0.2) is 24.3 Å². The van der Waals surface area contributed by atoms with Gasteiger partial charge in [0.25, 0.3) is 0 Å². The Morgan fingerprint density at radius 1 is 1.21 bits per heavy atom. The second-order valence-electron chi connectivity index (χ2n) is 6.64. The minimum Gasteiger partial charge on any atom is -0.480 e. The van der Waals surface area contributed by atoms with Crippen LogP contribution in [0, 0.1) is 13.8 Å². The normalized spacial score (nSPS) is 16.5. The summed E-state index contributed by atoms with van der Waals surface area (Å²) in [6.07, 6.45) is 2.59. The lowest BCUT2D eigenvalue weighted by Gasteiger charge is -2.24. The molecule has 0 radical (unpaired) electrons. The summed E-state index contributed by atoms with van der Waals surface area (Å²) in [6, 6.07) is 9.07.